The highest BCUT2D eigenvalue weighted by Crippen LogP contribution is 2.25. The molecule has 8 heteroatoms. The number of anilines is 2. The Morgan fingerprint density at radius 3 is 2.60 bits per heavy atom. The van der Waals surface area contributed by atoms with E-state index in [1.165, 1.54) is 47.7 Å². The lowest BCUT2D eigenvalue weighted by Crippen LogP contribution is -2.21. The van der Waals surface area contributed by atoms with Crippen molar-refractivity contribution in [1.29, 1.82) is 0 Å². The van der Waals surface area contributed by atoms with E-state index in [4.69, 9.17) is 11.6 Å². The lowest BCUT2D eigenvalue weighted by atomic mass is 10.0. The van der Waals surface area contributed by atoms with Gasteiger partial charge in [0.25, 0.3) is 0 Å². The highest BCUT2D eigenvalue weighted by molar-refractivity contribution is 7.13. The van der Waals surface area contributed by atoms with Gasteiger partial charge in [0.05, 0.1) is 11.3 Å². The summed E-state index contributed by atoms with van der Waals surface area (Å²) in [5.74, 6) is -1.23. The molecule has 0 saturated heterocycles. The number of rotatable bonds is 4. The van der Waals surface area contributed by atoms with Crippen molar-refractivity contribution >= 4 is 45.6 Å². The maximum Gasteiger partial charge on any atom is 0.325 e. The van der Waals surface area contributed by atoms with Crippen molar-refractivity contribution in [3.05, 3.63) is 76.0 Å². The molecule has 0 radical (unpaired) electrons. The molecule has 0 aliphatic carbocycles. The number of benzene rings is 2. The first-order valence-corrected chi connectivity index (χ1v) is 8.36. The second kappa shape index (κ2) is 7.42. The predicted octanol–water partition coefficient (Wildman–Crippen LogP) is 4.81. The Morgan fingerprint density at radius 2 is 1.88 bits per heavy atom. The van der Waals surface area contributed by atoms with Gasteiger partial charge in [-0.1, -0.05) is 23.7 Å². The van der Waals surface area contributed by atoms with Crippen molar-refractivity contribution in [2.75, 3.05) is 10.6 Å². The number of thiazole rings is 1. The molecule has 1 aromatic heterocycles. The molecule has 0 saturated carbocycles. The monoisotopic (exact) mass is 375 g/mol. The molecule has 2 amide bonds. The molecule has 126 valence electrons. The van der Waals surface area contributed by atoms with Crippen LogP contribution in [0.4, 0.5) is 20.0 Å². The fourth-order valence-electron chi connectivity index (χ4n) is 2.14. The van der Waals surface area contributed by atoms with Crippen LogP contribution in [-0.2, 0) is 0 Å². The summed E-state index contributed by atoms with van der Waals surface area (Å²) in [5, 5.41) is 7.52. The van der Waals surface area contributed by atoms with Gasteiger partial charge < -0.3 is 5.32 Å². The van der Waals surface area contributed by atoms with E-state index in [2.05, 4.69) is 15.6 Å². The molecule has 2 N–H and O–H groups in total. The summed E-state index contributed by atoms with van der Waals surface area (Å²) in [5.41, 5.74) is 0.201. The highest BCUT2D eigenvalue weighted by Gasteiger charge is 2.19. The van der Waals surface area contributed by atoms with E-state index in [-0.39, 0.29) is 16.8 Å². The van der Waals surface area contributed by atoms with Gasteiger partial charge in [0.2, 0.25) is 0 Å². The van der Waals surface area contributed by atoms with Crippen molar-refractivity contribution in [3.63, 3.8) is 0 Å². The molecule has 0 atom stereocenters. The minimum Gasteiger partial charge on any atom is -0.307 e. The molecular weight excluding hydrogens is 365 g/mol. The van der Waals surface area contributed by atoms with Gasteiger partial charge in [0, 0.05) is 22.2 Å². The van der Waals surface area contributed by atoms with E-state index in [9.17, 15) is 14.0 Å². The fourth-order valence-corrected chi connectivity index (χ4v) is 2.84. The van der Waals surface area contributed by atoms with Crippen LogP contribution in [0.2, 0.25) is 5.02 Å². The minimum atomic E-state index is -0.648. The number of amides is 2. The number of hydrogen-bond acceptors (Lipinski definition) is 4. The number of aromatic nitrogens is 1. The van der Waals surface area contributed by atoms with Crippen LogP contribution in [0.5, 0.6) is 0 Å². The van der Waals surface area contributed by atoms with Crippen LogP contribution in [0.15, 0.2) is 54.0 Å². The summed E-state index contributed by atoms with van der Waals surface area (Å²) in [6.45, 7) is 0. The second-order valence-electron chi connectivity index (χ2n) is 4.92. The SMILES string of the molecule is O=C(Nc1nccs1)Nc1ccc(Cl)cc1C(=O)c1ccccc1F. The first kappa shape index (κ1) is 17.1. The number of carbonyl (C=O) groups is 2. The number of halogens is 2. The molecule has 5 nitrogen and oxygen atoms in total. The van der Waals surface area contributed by atoms with E-state index >= 15 is 0 Å². The van der Waals surface area contributed by atoms with E-state index in [0.717, 1.165) is 0 Å². The van der Waals surface area contributed by atoms with Crippen molar-refractivity contribution < 1.29 is 14.0 Å². The van der Waals surface area contributed by atoms with Crippen LogP contribution in [0.3, 0.4) is 0 Å². The molecular formula is C17H11ClFN3O2S. The largest absolute Gasteiger partial charge is 0.325 e. The second-order valence-corrected chi connectivity index (χ2v) is 6.25. The van der Waals surface area contributed by atoms with Gasteiger partial charge in [-0.2, -0.15) is 0 Å². The topological polar surface area (TPSA) is 71.1 Å². The molecule has 2 aromatic carbocycles. The van der Waals surface area contributed by atoms with Crippen molar-refractivity contribution in [2.45, 2.75) is 0 Å². The van der Waals surface area contributed by atoms with Crippen LogP contribution in [0.1, 0.15) is 15.9 Å². The third-order valence-corrected chi connectivity index (χ3v) is 4.17. The number of hydrogen-bond donors (Lipinski definition) is 2. The van der Waals surface area contributed by atoms with Crippen LogP contribution in [0.25, 0.3) is 0 Å². The van der Waals surface area contributed by atoms with Crippen LogP contribution >= 0.6 is 22.9 Å². The zero-order valence-corrected chi connectivity index (χ0v) is 14.2. The first-order valence-electron chi connectivity index (χ1n) is 7.11. The third-order valence-electron chi connectivity index (χ3n) is 3.25. The van der Waals surface area contributed by atoms with Gasteiger partial charge in [0.1, 0.15) is 5.82 Å². The number of urea groups is 1. The summed E-state index contributed by atoms with van der Waals surface area (Å²) in [4.78, 5) is 28.7. The molecule has 0 unspecified atom stereocenters. The minimum absolute atomic E-state index is 0.0897. The number of nitrogens with zero attached hydrogens (tertiary/aromatic N) is 1. The Kier molecular flexibility index (Phi) is 5.06. The molecule has 3 aromatic rings. The van der Waals surface area contributed by atoms with Gasteiger partial charge in [-0.25, -0.2) is 14.2 Å². The molecule has 0 spiro atoms. The Balaban J connectivity index is 1.89. The average molecular weight is 376 g/mol. The van der Waals surface area contributed by atoms with Crippen LogP contribution in [0, 0.1) is 5.82 Å². The fraction of sp³-hybridized carbons (Fsp3) is 0. The molecule has 0 fully saturated rings. The average Bonchev–Trinajstić information content (AvgIpc) is 3.09. The zero-order chi connectivity index (χ0) is 17.8. The summed E-state index contributed by atoms with van der Waals surface area (Å²) in [6.07, 6.45) is 1.55. The molecule has 25 heavy (non-hydrogen) atoms. The van der Waals surface area contributed by atoms with E-state index in [1.807, 2.05) is 0 Å². The van der Waals surface area contributed by atoms with E-state index in [0.29, 0.717) is 10.2 Å². The first-order chi connectivity index (χ1) is 12.0. The van der Waals surface area contributed by atoms with Gasteiger partial charge in [-0.15, -0.1) is 11.3 Å². The van der Waals surface area contributed by atoms with Crippen molar-refractivity contribution in [2.24, 2.45) is 0 Å². The number of nitrogens with one attached hydrogen (secondary N) is 2. The Hall–Kier alpha value is -2.77. The Labute approximate surface area is 151 Å². The molecule has 1 heterocycles. The summed E-state index contributed by atoms with van der Waals surface area (Å²) < 4.78 is 13.9. The third kappa shape index (κ3) is 4.01. The van der Waals surface area contributed by atoms with Gasteiger partial charge in [0.15, 0.2) is 10.9 Å². The van der Waals surface area contributed by atoms with Gasteiger partial charge in [-0.3, -0.25) is 10.1 Å². The van der Waals surface area contributed by atoms with E-state index in [1.54, 1.807) is 17.6 Å². The maximum absolute atomic E-state index is 13.9. The van der Waals surface area contributed by atoms with Crippen LogP contribution < -0.4 is 10.6 Å². The normalized spacial score (nSPS) is 10.3. The molecule has 0 bridgehead atoms. The lowest BCUT2D eigenvalue weighted by Gasteiger charge is -2.11. The zero-order valence-electron chi connectivity index (χ0n) is 12.6. The van der Waals surface area contributed by atoms with Gasteiger partial charge >= 0.3 is 6.03 Å². The van der Waals surface area contributed by atoms with Gasteiger partial charge in [-0.05, 0) is 30.3 Å². The van der Waals surface area contributed by atoms with E-state index < -0.39 is 17.6 Å². The molecule has 0 aliphatic heterocycles. The van der Waals surface area contributed by atoms with Crippen molar-refractivity contribution in [3.8, 4) is 0 Å². The summed E-state index contributed by atoms with van der Waals surface area (Å²) in [6, 6.07) is 9.44. The highest BCUT2D eigenvalue weighted by atomic mass is 35.5. The smallest absolute Gasteiger partial charge is 0.307 e. The lowest BCUT2D eigenvalue weighted by molar-refractivity contribution is 0.103. The summed E-state index contributed by atoms with van der Waals surface area (Å²) >= 11 is 7.21. The Bertz CT molecular complexity index is 931. The maximum atomic E-state index is 13.9. The predicted molar refractivity (Wildman–Crippen MR) is 96.0 cm³/mol. The quantitative estimate of drug-likeness (QED) is 0.643. The number of carbonyl (C=O) groups excluding carboxylic acids is 2. The Morgan fingerprint density at radius 1 is 1.08 bits per heavy atom. The molecule has 3 rings (SSSR count). The molecule has 0 aliphatic rings. The standard InChI is InChI=1S/C17H11ClFN3O2S/c18-10-5-6-14(21-16(24)22-17-20-7-8-25-17)12(9-10)15(23)11-3-1-2-4-13(11)19/h1-9H,(H2,20,21,22,24). The summed E-state index contributed by atoms with van der Waals surface area (Å²) in [7, 11) is 0. The van der Waals surface area contributed by atoms with Crippen molar-refractivity contribution in [1.82, 2.24) is 4.98 Å². The van der Waals surface area contributed by atoms with Crippen LogP contribution in [-0.4, -0.2) is 16.8 Å². The number of ketones is 1.